The fraction of sp³-hybridized carbons (Fsp3) is 0.211. The predicted octanol–water partition coefficient (Wildman–Crippen LogP) is 4.27. The molecule has 0 aliphatic heterocycles. The van der Waals surface area contributed by atoms with Crippen molar-refractivity contribution in [2.75, 3.05) is 0 Å². The molecule has 1 atom stereocenters. The molecule has 1 N–H and O–H groups in total. The zero-order valence-corrected chi connectivity index (χ0v) is 12.2. The van der Waals surface area contributed by atoms with Gasteiger partial charge in [-0.05, 0) is 29.7 Å². The number of aliphatic hydroxyl groups excluding tert-OH is 1. The highest BCUT2D eigenvalue weighted by molar-refractivity contribution is 5.78. The highest BCUT2D eigenvalue weighted by atomic mass is 16.3. The van der Waals surface area contributed by atoms with Gasteiger partial charge in [-0.1, -0.05) is 61.9 Å². The molecule has 3 aromatic rings. The number of hydrogen-bond donors (Lipinski definition) is 1. The molecule has 0 spiro atoms. The first kappa shape index (κ1) is 13.8. The summed E-state index contributed by atoms with van der Waals surface area (Å²) in [5.41, 5.74) is 3.80. The number of nitrogens with zero attached hydrogens (tertiary/aromatic N) is 1. The van der Waals surface area contributed by atoms with Crippen molar-refractivity contribution in [3.05, 3.63) is 77.5 Å². The Balaban J connectivity index is 1.90. The van der Waals surface area contributed by atoms with E-state index in [9.17, 15) is 5.11 Å². The summed E-state index contributed by atoms with van der Waals surface area (Å²) in [5.74, 6) is 0. The second-order valence-electron chi connectivity index (χ2n) is 5.32. The third kappa shape index (κ3) is 2.96. The van der Waals surface area contributed by atoms with E-state index < -0.39 is 6.10 Å². The molecule has 1 aromatic heterocycles. The van der Waals surface area contributed by atoms with Gasteiger partial charge in [0.15, 0.2) is 0 Å². The van der Waals surface area contributed by atoms with Crippen LogP contribution in [0.4, 0.5) is 0 Å². The summed E-state index contributed by atoms with van der Waals surface area (Å²) in [6.07, 6.45) is 1.53. The van der Waals surface area contributed by atoms with Gasteiger partial charge in [-0.3, -0.25) is 0 Å². The summed E-state index contributed by atoms with van der Waals surface area (Å²) in [6, 6.07) is 20.0. The van der Waals surface area contributed by atoms with E-state index in [0.717, 1.165) is 29.3 Å². The van der Waals surface area contributed by atoms with Crippen LogP contribution >= 0.6 is 0 Å². The van der Waals surface area contributed by atoms with E-state index in [0.29, 0.717) is 5.69 Å². The van der Waals surface area contributed by atoms with E-state index in [1.807, 2.05) is 48.5 Å². The largest absolute Gasteiger partial charge is 0.382 e. The zero-order valence-electron chi connectivity index (χ0n) is 12.2. The summed E-state index contributed by atoms with van der Waals surface area (Å²) in [6.45, 7) is 2.17. The molecule has 2 nitrogen and oxygen atoms in total. The van der Waals surface area contributed by atoms with Crippen molar-refractivity contribution in [2.24, 2.45) is 0 Å². The first-order valence-corrected chi connectivity index (χ1v) is 7.40. The molecule has 21 heavy (non-hydrogen) atoms. The lowest BCUT2D eigenvalue weighted by molar-refractivity contribution is 0.216. The van der Waals surface area contributed by atoms with Crippen molar-refractivity contribution in [1.29, 1.82) is 0 Å². The Hall–Kier alpha value is -2.19. The standard InChI is InChI=1S/C19H19NO/c1-2-5-14-8-10-16(11-9-14)19(21)18-13-12-15-6-3-4-7-17(15)20-18/h3-4,6-13,19,21H,2,5H2,1H3. The van der Waals surface area contributed by atoms with E-state index in [1.165, 1.54) is 5.56 Å². The molecule has 1 unspecified atom stereocenters. The average molecular weight is 277 g/mol. The SMILES string of the molecule is CCCc1ccc(C(O)c2ccc3ccccc3n2)cc1. The van der Waals surface area contributed by atoms with Crippen LogP contribution in [0.5, 0.6) is 0 Å². The molecular weight excluding hydrogens is 258 g/mol. The van der Waals surface area contributed by atoms with Crippen LogP contribution in [0.1, 0.15) is 36.3 Å². The second-order valence-corrected chi connectivity index (χ2v) is 5.32. The van der Waals surface area contributed by atoms with Crippen molar-refractivity contribution in [3.63, 3.8) is 0 Å². The van der Waals surface area contributed by atoms with Gasteiger partial charge in [0, 0.05) is 5.39 Å². The fourth-order valence-corrected chi connectivity index (χ4v) is 2.56. The summed E-state index contributed by atoms with van der Waals surface area (Å²) >= 11 is 0. The number of fused-ring (bicyclic) bond motifs is 1. The number of aliphatic hydroxyl groups is 1. The summed E-state index contributed by atoms with van der Waals surface area (Å²) in [4.78, 5) is 4.56. The predicted molar refractivity (Wildman–Crippen MR) is 86.2 cm³/mol. The minimum atomic E-state index is -0.676. The summed E-state index contributed by atoms with van der Waals surface area (Å²) < 4.78 is 0. The zero-order chi connectivity index (χ0) is 14.7. The number of para-hydroxylation sites is 1. The molecule has 0 radical (unpaired) electrons. The van der Waals surface area contributed by atoms with E-state index in [2.05, 4.69) is 24.0 Å². The van der Waals surface area contributed by atoms with Gasteiger partial charge in [0.2, 0.25) is 0 Å². The highest BCUT2D eigenvalue weighted by Crippen LogP contribution is 2.23. The number of hydrogen-bond acceptors (Lipinski definition) is 2. The third-order valence-corrected chi connectivity index (χ3v) is 3.73. The molecule has 0 fully saturated rings. The number of pyridine rings is 1. The Labute approximate surface area is 125 Å². The van der Waals surface area contributed by atoms with Crippen molar-refractivity contribution in [3.8, 4) is 0 Å². The maximum atomic E-state index is 10.5. The molecule has 0 aliphatic rings. The lowest BCUT2D eigenvalue weighted by Gasteiger charge is -2.12. The van der Waals surface area contributed by atoms with Crippen molar-refractivity contribution in [2.45, 2.75) is 25.9 Å². The second kappa shape index (κ2) is 6.06. The number of rotatable bonds is 4. The molecule has 0 saturated heterocycles. The van der Waals surface area contributed by atoms with E-state index >= 15 is 0 Å². The molecule has 0 bridgehead atoms. The van der Waals surface area contributed by atoms with Crippen LogP contribution in [-0.2, 0) is 6.42 Å². The van der Waals surface area contributed by atoms with Gasteiger partial charge >= 0.3 is 0 Å². The van der Waals surface area contributed by atoms with Crippen LogP contribution < -0.4 is 0 Å². The van der Waals surface area contributed by atoms with Gasteiger partial charge in [0.1, 0.15) is 6.10 Å². The van der Waals surface area contributed by atoms with Crippen LogP contribution in [0, 0.1) is 0 Å². The number of aryl methyl sites for hydroxylation is 1. The molecule has 2 heteroatoms. The van der Waals surface area contributed by atoms with Gasteiger partial charge in [-0.15, -0.1) is 0 Å². The minimum absolute atomic E-state index is 0.676. The van der Waals surface area contributed by atoms with Crippen molar-refractivity contribution in [1.82, 2.24) is 4.98 Å². The quantitative estimate of drug-likeness (QED) is 0.772. The fourth-order valence-electron chi connectivity index (χ4n) is 2.56. The molecule has 2 aromatic carbocycles. The molecule has 0 amide bonds. The van der Waals surface area contributed by atoms with Gasteiger partial charge in [0.05, 0.1) is 11.2 Å². The minimum Gasteiger partial charge on any atom is -0.382 e. The molecule has 106 valence electrons. The average Bonchev–Trinajstić information content (AvgIpc) is 2.55. The van der Waals surface area contributed by atoms with E-state index in [1.54, 1.807) is 0 Å². The molecule has 3 rings (SSSR count). The highest BCUT2D eigenvalue weighted by Gasteiger charge is 2.12. The van der Waals surface area contributed by atoms with Gasteiger partial charge < -0.3 is 5.11 Å². The Bertz CT molecular complexity index is 734. The third-order valence-electron chi connectivity index (χ3n) is 3.73. The van der Waals surface area contributed by atoms with Crippen LogP contribution in [-0.4, -0.2) is 10.1 Å². The normalized spacial score (nSPS) is 12.5. The Morgan fingerprint density at radius 3 is 2.48 bits per heavy atom. The van der Waals surface area contributed by atoms with Crippen LogP contribution in [0.25, 0.3) is 10.9 Å². The van der Waals surface area contributed by atoms with Crippen LogP contribution in [0.2, 0.25) is 0 Å². The van der Waals surface area contributed by atoms with Crippen molar-refractivity contribution >= 4 is 10.9 Å². The maximum Gasteiger partial charge on any atom is 0.121 e. The first-order chi connectivity index (χ1) is 10.3. The summed E-state index contributed by atoms with van der Waals surface area (Å²) in [7, 11) is 0. The van der Waals surface area contributed by atoms with Crippen molar-refractivity contribution < 1.29 is 5.11 Å². The Morgan fingerprint density at radius 1 is 0.952 bits per heavy atom. The van der Waals surface area contributed by atoms with Crippen LogP contribution in [0.15, 0.2) is 60.7 Å². The molecule has 1 heterocycles. The van der Waals surface area contributed by atoms with E-state index in [-0.39, 0.29) is 0 Å². The monoisotopic (exact) mass is 277 g/mol. The molecule has 0 aliphatic carbocycles. The topological polar surface area (TPSA) is 33.1 Å². The van der Waals surface area contributed by atoms with Gasteiger partial charge in [0.25, 0.3) is 0 Å². The van der Waals surface area contributed by atoms with Gasteiger partial charge in [-0.25, -0.2) is 4.98 Å². The maximum absolute atomic E-state index is 10.5. The smallest absolute Gasteiger partial charge is 0.121 e. The van der Waals surface area contributed by atoms with E-state index in [4.69, 9.17) is 0 Å². The Morgan fingerprint density at radius 2 is 1.71 bits per heavy atom. The first-order valence-electron chi connectivity index (χ1n) is 7.40. The number of benzene rings is 2. The molecular formula is C19H19NO. The summed E-state index contributed by atoms with van der Waals surface area (Å²) in [5, 5.41) is 11.6. The lowest BCUT2D eigenvalue weighted by atomic mass is 10.0. The lowest BCUT2D eigenvalue weighted by Crippen LogP contribution is -2.02. The number of aromatic nitrogens is 1. The Kier molecular flexibility index (Phi) is 3.98. The van der Waals surface area contributed by atoms with Crippen LogP contribution in [0.3, 0.4) is 0 Å². The molecule has 0 saturated carbocycles. The van der Waals surface area contributed by atoms with Gasteiger partial charge in [-0.2, -0.15) is 0 Å².